The van der Waals surface area contributed by atoms with E-state index >= 15 is 0 Å². The van der Waals surface area contributed by atoms with E-state index in [1.165, 1.54) is 30.3 Å². The number of hydrogen-bond acceptors (Lipinski definition) is 7. The Balaban J connectivity index is 1.67. The first-order valence-electron chi connectivity index (χ1n) is 9.49. The zero-order chi connectivity index (χ0) is 23.8. The van der Waals surface area contributed by atoms with Crippen LogP contribution in [0.3, 0.4) is 0 Å². The number of alkyl halides is 3. The van der Waals surface area contributed by atoms with Crippen molar-refractivity contribution >= 4 is 34.1 Å². The molecule has 2 aromatic heterocycles. The number of thiazole rings is 1. The molecule has 2 N–H and O–H groups in total. The molecular formula is C22H15F4NO4S2. The fraction of sp³-hybridized carbons (Fsp3) is 0.182. The summed E-state index contributed by atoms with van der Waals surface area (Å²) in [6, 6.07) is 11.9. The third-order valence-corrected chi connectivity index (χ3v) is 7.12. The molecule has 4 aromatic rings. The van der Waals surface area contributed by atoms with Crippen LogP contribution >= 0.6 is 23.1 Å². The first-order valence-corrected chi connectivity index (χ1v) is 11.1. The zero-order valence-electron chi connectivity index (χ0n) is 16.6. The van der Waals surface area contributed by atoms with Crippen molar-refractivity contribution in [3.05, 3.63) is 75.8 Å². The third-order valence-electron chi connectivity index (χ3n) is 4.91. The van der Waals surface area contributed by atoms with E-state index in [0.717, 1.165) is 18.0 Å². The lowest BCUT2D eigenvalue weighted by Gasteiger charge is -2.28. The van der Waals surface area contributed by atoms with E-state index < -0.39 is 41.1 Å². The van der Waals surface area contributed by atoms with E-state index in [0.29, 0.717) is 32.7 Å². The van der Waals surface area contributed by atoms with E-state index in [2.05, 4.69) is 4.98 Å². The normalized spacial score (nSPS) is 13.9. The fourth-order valence-electron chi connectivity index (χ4n) is 3.24. The van der Waals surface area contributed by atoms with Crippen molar-refractivity contribution in [2.75, 3.05) is 6.61 Å². The van der Waals surface area contributed by atoms with Crippen LogP contribution in [0.2, 0.25) is 0 Å². The highest BCUT2D eigenvalue weighted by Gasteiger charge is 2.55. The maximum atomic E-state index is 13.4. The van der Waals surface area contributed by atoms with Crippen molar-refractivity contribution < 1.29 is 32.2 Å². The molecule has 4 rings (SSSR count). The Hall–Kier alpha value is -2.73. The third kappa shape index (κ3) is 4.67. The predicted octanol–water partition coefficient (Wildman–Crippen LogP) is 5.34. The van der Waals surface area contributed by atoms with E-state index in [9.17, 15) is 27.5 Å². The molecule has 33 heavy (non-hydrogen) atoms. The van der Waals surface area contributed by atoms with Gasteiger partial charge in [-0.15, -0.1) is 11.3 Å². The highest BCUT2D eigenvalue weighted by molar-refractivity contribution is 8.01. The van der Waals surface area contributed by atoms with Gasteiger partial charge in [0.1, 0.15) is 11.4 Å². The molecule has 0 radical (unpaired) electrons. The van der Waals surface area contributed by atoms with Gasteiger partial charge < -0.3 is 14.6 Å². The molecule has 11 heteroatoms. The summed E-state index contributed by atoms with van der Waals surface area (Å²) >= 11 is 1.69. The smallest absolute Gasteiger partial charge is 0.422 e. The molecule has 0 saturated carbocycles. The van der Waals surface area contributed by atoms with E-state index in [4.69, 9.17) is 9.52 Å². The molecule has 0 aliphatic rings. The maximum Gasteiger partial charge on any atom is 0.422 e. The molecule has 0 bridgehead atoms. The number of aliphatic hydroxyl groups excluding tert-OH is 1. The molecule has 0 aliphatic carbocycles. The molecule has 0 amide bonds. The van der Waals surface area contributed by atoms with Gasteiger partial charge in [0, 0.05) is 35.6 Å². The van der Waals surface area contributed by atoms with Crippen molar-refractivity contribution in [1.82, 2.24) is 4.98 Å². The van der Waals surface area contributed by atoms with Gasteiger partial charge in [-0.25, -0.2) is 14.2 Å². The summed E-state index contributed by atoms with van der Waals surface area (Å²) in [7, 11) is 0. The molecule has 2 heterocycles. The maximum absolute atomic E-state index is 13.4. The molecule has 0 saturated heterocycles. The lowest BCUT2D eigenvalue weighted by molar-refractivity contribution is -0.269. The number of benzene rings is 2. The molecule has 0 spiro atoms. The number of aromatic nitrogens is 1. The second-order valence-corrected chi connectivity index (χ2v) is 9.42. The average Bonchev–Trinajstić information content (AvgIpc) is 3.22. The van der Waals surface area contributed by atoms with Gasteiger partial charge in [-0.05, 0) is 41.5 Å². The molecule has 0 aliphatic heterocycles. The van der Waals surface area contributed by atoms with Gasteiger partial charge in [0.2, 0.25) is 0 Å². The number of aliphatic hydroxyl groups is 2. The minimum atomic E-state index is -4.98. The first-order chi connectivity index (χ1) is 15.6. The van der Waals surface area contributed by atoms with E-state index in [1.54, 1.807) is 18.2 Å². The van der Waals surface area contributed by atoms with Crippen LogP contribution in [0.5, 0.6) is 0 Å². The lowest BCUT2D eigenvalue weighted by atomic mass is 9.98. The summed E-state index contributed by atoms with van der Waals surface area (Å²) in [6.45, 7) is -0.851. The van der Waals surface area contributed by atoms with Crippen LogP contribution in [-0.4, -0.2) is 28.0 Å². The quantitative estimate of drug-likeness (QED) is 0.276. The van der Waals surface area contributed by atoms with Crippen molar-refractivity contribution in [3.63, 3.8) is 0 Å². The second-order valence-electron chi connectivity index (χ2n) is 7.07. The van der Waals surface area contributed by atoms with Crippen molar-refractivity contribution in [2.45, 2.75) is 27.4 Å². The molecule has 172 valence electrons. The van der Waals surface area contributed by atoms with Gasteiger partial charge in [-0.2, -0.15) is 13.2 Å². The van der Waals surface area contributed by atoms with Crippen LogP contribution in [0.15, 0.2) is 73.2 Å². The number of fused-ring (bicyclic) bond motifs is 1. The average molecular weight is 497 g/mol. The Bertz CT molecular complexity index is 1350. The monoisotopic (exact) mass is 497 g/mol. The Morgan fingerprint density at radius 3 is 2.48 bits per heavy atom. The minimum Gasteiger partial charge on any atom is -0.423 e. The molecular weight excluding hydrogens is 482 g/mol. The molecule has 0 fully saturated rings. The van der Waals surface area contributed by atoms with Crippen LogP contribution in [0.4, 0.5) is 17.6 Å². The summed E-state index contributed by atoms with van der Waals surface area (Å²) in [5.74, 6) is -0.413. The molecule has 2 aromatic carbocycles. The Morgan fingerprint density at radius 2 is 1.82 bits per heavy atom. The lowest BCUT2D eigenvalue weighted by Crippen LogP contribution is -2.42. The van der Waals surface area contributed by atoms with Crippen molar-refractivity contribution in [1.29, 1.82) is 0 Å². The van der Waals surface area contributed by atoms with E-state index in [1.807, 2.05) is 0 Å². The van der Waals surface area contributed by atoms with Crippen LogP contribution in [-0.2, 0) is 5.60 Å². The van der Waals surface area contributed by atoms with Crippen LogP contribution in [0.1, 0.15) is 11.3 Å². The summed E-state index contributed by atoms with van der Waals surface area (Å²) in [5, 5.41) is 19.7. The summed E-state index contributed by atoms with van der Waals surface area (Å²) in [6.07, 6.45) is -4.95. The second kappa shape index (κ2) is 8.90. The Morgan fingerprint density at radius 1 is 1.09 bits per heavy atom. The highest BCUT2D eigenvalue weighted by atomic mass is 32.2. The highest BCUT2D eigenvalue weighted by Crippen LogP contribution is 2.45. The van der Waals surface area contributed by atoms with Crippen LogP contribution in [0, 0.1) is 5.82 Å². The largest absolute Gasteiger partial charge is 0.423 e. The van der Waals surface area contributed by atoms with Gasteiger partial charge >= 0.3 is 11.8 Å². The molecule has 1 unspecified atom stereocenters. The van der Waals surface area contributed by atoms with Crippen molar-refractivity contribution in [3.8, 4) is 11.1 Å². The van der Waals surface area contributed by atoms with E-state index in [-0.39, 0.29) is 9.92 Å². The SMILES string of the molecule is O=c1cc(-c2ccc(F)cc2)c2ccc(Sc3ncc(C(O)(CCO)C(F)(F)F)s3)cc2o1. The number of rotatable bonds is 6. The van der Waals surface area contributed by atoms with Gasteiger partial charge in [0.05, 0.1) is 4.88 Å². The van der Waals surface area contributed by atoms with Crippen molar-refractivity contribution in [2.24, 2.45) is 0 Å². The zero-order valence-corrected chi connectivity index (χ0v) is 18.2. The Labute approximate surface area is 192 Å². The topological polar surface area (TPSA) is 83.6 Å². The Kier molecular flexibility index (Phi) is 6.32. The van der Waals surface area contributed by atoms with Gasteiger partial charge in [-0.3, -0.25) is 0 Å². The predicted molar refractivity (Wildman–Crippen MR) is 116 cm³/mol. The first kappa shape index (κ1) is 23.4. The number of halogens is 4. The summed E-state index contributed by atoms with van der Waals surface area (Å²) < 4.78 is 58.9. The number of hydrogen-bond donors (Lipinski definition) is 2. The summed E-state index contributed by atoms with van der Waals surface area (Å²) in [4.78, 5) is 16.1. The van der Waals surface area contributed by atoms with Gasteiger partial charge in [0.15, 0.2) is 9.94 Å². The molecule has 1 atom stereocenters. The van der Waals surface area contributed by atoms with Crippen LogP contribution < -0.4 is 5.63 Å². The van der Waals surface area contributed by atoms with Gasteiger partial charge in [0.25, 0.3) is 0 Å². The van der Waals surface area contributed by atoms with Gasteiger partial charge in [-0.1, -0.05) is 23.9 Å². The fourth-order valence-corrected chi connectivity index (χ4v) is 5.36. The standard InChI is InChI=1S/C22H15F4NO4S2/c23-13-3-1-12(2-4-13)16-10-19(29)31-17-9-14(5-6-15(16)17)32-20-27-11-18(33-20)21(30,7-8-28)22(24,25)26/h1-6,9-11,28,30H,7-8H2. The van der Waals surface area contributed by atoms with Crippen LogP contribution in [0.25, 0.3) is 22.1 Å². The number of nitrogens with zero attached hydrogens (tertiary/aromatic N) is 1. The summed E-state index contributed by atoms with van der Waals surface area (Å²) in [5.41, 5.74) is -2.39. The molecule has 5 nitrogen and oxygen atoms in total. The minimum absolute atomic E-state index is 0.224.